The third kappa shape index (κ3) is 4.80. The Morgan fingerprint density at radius 2 is 1.83 bits per heavy atom. The van der Waals surface area contributed by atoms with Crippen LogP contribution < -0.4 is 0 Å². The van der Waals surface area contributed by atoms with E-state index in [0.29, 0.717) is 5.56 Å². The number of ether oxygens (including phenoxy) is 2. The molecule has 0 saturated heterocycles. The third-order valence-corrected chi connectivity index (χ3v) is 2.12. The number of esters is 2. The Hall–Kier alpha value is -2.14. The van der Waals surface area contributed by atoms with Crippen LogP contribution in [0.15, 0.2) is 42.5 Å². The van der Waals surface area contributed by atoms with Gasteiger partial charge in [-0.3, -0.25) is 0 Å². The maximum Gasteiger partial charge on any atom is 0.331 e. The van der Waals surface area contributed by atoms with Crippen LogP contribution >= 0.6 is 0 Å². The molecule has 5 nitrogen and oxygen atoms in total. The number of aliphatic hydroxyl groups is 1. The first-order valence-electron chi connectivity index (χ1n) is 5.29. The summed E-state index contributed by atoms with van der Waals surface area (Å²) in [6, 6.07) is 8.82. The second-order valence-electron chi connectivity index (χ2n) is 3.41. The Kier molecular flexibility index (Phi) is 5.60. The molecule has 0 fully saturated rings. The quantitative estimate of drug-likeness (QED) is 0.623. The molecule has 0 saturated carbocycles. The lowest BCUT2D eigenvalue weighted by molar-refractivity contribution is -0.141. The summed E-state index contributed by atoms with van der Waals surface area (Å²) in [6.45, 7) is -0.172. The molecule has 0 aromatic heterocycles. The Labute approximate surface area is 105 Å². The van der Waals surface area contributed by atoms with Crippen LogP contribution in [0.1, 0.15) is 11.7 Å². The van der Waals surface area contributed by atoms with E-state index in [4.69, 9.17) is 4.74 Å². The molecule has 0 amide bonds. The van der Waals surface area contributed by atoms with Gasteiger partial charge in [0.25, 0.3) is 0 Å². The molecule has 0 radical (unpaired) electrons. The van der Waals surface area contributed by atoms with Crippen molar-refractivity contribution in [1.82, 2.24) is 0 Å². The minimum atomic E-state index is -0.887. The zero-order chi connectivity index (χ0) is 13.4. The maximum atomic E-state index is 11.2. The van der Waals surface area contributed by atoms with Gasteiger partial charge in [-0.1, -0.05) is 30.3 Å². The Morgan fingerprint density at radius 3 is 2.44 bits per heavy atom. The highest BCUT2D eigenvalue weighted by molar-refractivity contribution is 5.91. The number of hydrogen-bond donors (Lipinski definition) is 1. The van der Waals surface area contributed by atoms with E-state index in [0.717, 1.165) is 12.2 Å². The smallest absolute Gasteiger partial charge is 0.331 e. The van der Waals surface area contributed by atoms with Crippen LogP contribution in [0.5, 0.6) is 0 Å². The average molecular weight is 250 g/mol. The minimum Gasteiger partial charge on any atom is -0.466 e. The monoisotopic (exact) mass is 250 g/mol. The van der Waals surface area contributed by atoms with Gasteiger partial charge in [-0.25, -0.2) is 9.59 Å². The highest BCUT2D eigenvalue weighted by atomic mass is 16.5. The zero-order valence-corrected chi connectivity index (χ0v) is 9.91. The predicted octanol–water partition coefficient (Wildman–Crippen LogP) is 0.992. The van der Waals surface area contributed by atoms with E-state index in [2.05, 4.69) is 4.74 Å². The first-order valence-corrected chi connectivity index (χ1v) is 5.29. The summed E-state index contributed by atoms with van der Waals surface area (Å²) in [4.78, 5) is 21.9. The maximum absolute atomic E-state index is 11.2. The summed E-state index contributed by atoms with van der Waals surface area (Å²) in [7, 11) is 1.21. The molecule has 0 aliphatic carbocycles. The van der Waals surface area contributed by atoms with E-state index >= 15 is 0 Å². The largest absolute Gasteiger partial charge is 0.466 e. The van der Waals surface area contributed by atoms with E-state index in [9.17, 15) is 14.7 Å². The van der Waals surface area contributed by atoms with Crippen molar-refractivity contribution >= 4 is 11.9 Å². The fourth-order valence-corrected chi connectivity index (χ4v) is 1.18. The van der Waals surface area contributed by atoms with Crippen LogP contribution in [-0.2, 0) is 19.1 Å². The topological polar surface area (TPSA) is 72.8 Å². The highest BCUT2D eigenvalue weighted by Gasteiger charge is 2.09. The first-order chi connectivity index (χ1) is 8.63. The molecule has 5 heteroatoms. The Bertz CT molecular complexity index is 424. The molecular weight excluding hydrogens is 236 g/mol. The molecule has 1 rings (SSSR count). The molecule has 1 unspecified atom stereocenters. The van der Waals surface area contributed by atoms with Crippen molar-refractivity contribution in [1.29, 1.82) is 0 Å². The lowest BCUT2D eigenvalue weighted by Gasteiger charge is -2.10. The van der Waals surface area contributed by atoms with Crippen molar-refractivity contribution in [3.05, 3.63) is 48.0 Å². The van der Waals surface area contributed by atoms with Crippen molar-refractivity contribution in [2.75, 3.05) is 13.7 Å². The molecule has 18 heavy (non-hydrogen) atoms. The van der Waals surface area contributed by atoms with Crippen LogP contribution in [-0.4, -0.2) is 30.8 Å². The van der Waals surface area contributed by atoms with Gasteiger partial charge in [0.05, 0.1) is 7.11 Å². The molecule has 96 valence electrons. The normalized spacial score (nSPS) is 12.1. The van der Waals surface area contributed by atoms with Crippen molar-refractivity contribution < 1.29 is 24.2 Å². The number of carbonyl (C=O) groups is 2. The van der Waals surface area contributed by atoms with Gasteiger partial charge in [0.2, 0.25) is 0 Å². The average Bonchev–Trinajstić information content (AvgIpc) is 2.42. The molecule has 1 atom stereocenters. The van der Waals surface area contributed by atoms with Gasteiger partial charge in [-0.15, -0.1) is 0 Å². The van der Waals surface area contributed by atoms with E-state index in [-0.39, 0.29) is 6.61 Å². The molecule has 1 aromatic carbocycles. The molecule has 0 aliphatic heterocycles. The summed E-state index contributed by atoms with van der Waals surface area (Å²) < 4.78 is 9.08. The number of aliphatic hydroxyl groups excluding tert-OH is 1. The minimum absolute atomic E-state index is 0.172. The molecule has 0 heterocycles. The number of benzene rings is 1. The van der Waals surface area contributed by atoms with Gasteiger partial charge in [0, 0.05) is 12.2 Å². The standard InChI is InChI=1S/C13H14O5/c1-17-12(15)7-8-13(16)18-9-11(14)10-5-3-2-4-6-10/h2-8,11,14H,9H2,1H3/b8-7-. The molecule has 0 spiro atoms. The number of rotatable bonds is 5. The summed E-state index contributed by atoms with van der Waals surface area (Å²) in [6.07, 6.45) is 1.02. The van der Waals surface area contributed by atoms with E-state index in [1.807, 2.05) is 6.07 Å². The van der Waals surface area contributed by atoms with Crippen LogP contribution in [0.2, 0.25) is 0 Å². The van der Waals surface area contributed by atoms with Gasteiger partial charge in [0.1, 0.15) is 12.7 Å². The van der Waals surface area contributed by atoms with Gasteiger partial charge < -0.3 is 14.6 Å². The lowest BCUT2D eigenvalue weighted by Crippen LogP contribution is -2.11. The van der Waals surface area contributed by atoms with Crippen LogP contribution in [0.3, 0.4) is 0 Å². The molecule has 0 bridgehead atoms. The SMILES string of the molecule is COC(=O)/C=C\C(=O)OCC(O)c1ccccc1. The predicted molar refractivity (Wildman–Crippen MR) is 63.5 cm³/mol. The number of methoxy groups -OCH3 is 1. The van der Waals surface area contributed by atoms with Crippen LogP contribution in [0.4, 0.5) is 0 Å². The number of hydrogen-bond acceptors (Lipinski definition) is 5. The van der Waals surface area contributed by atoms with Crippen molar-refractivity contribution in [2.45, 2.75) is 6.10 Å². The zero-order valence-electron chi connectivity index (χ0n) is 9.91. The Morgan fingerprint density at radius 1 is 1.22 bits per heavy atom. The highest BCUT2D eigenvalue weighted by Crippen LogP contribution is 2.12. The second-order valence-corrected chi connectivity index (χ2v) is 3.41. The summed E-state index contributed by atoms with van der Waals surface area (Å²) >= 11 is 0. The molecule has 1 aromatic rings. The van der Waals surface area contributed by atoms with E-state index in [1.54, 1.807) is 24.3 Å². The molecule has 0 aliphatic rings. The van der Waals surface area contributed by atoms with Gasteiger partial charge >= 0.3 is 11.9 Å². The van der Waals surface area contributed by atoms with Gasteiger partial charge in [0.15, 0.2) is 0 Å². The van der Waals surface area contributed by atoms with E-state index in [1.165, 1.54) is 7.11 Å². The van der Waals surface area contributed by atoms with Gasteiger partial charge in [-0.2, -0.15) is 0 Å². The Balaban J connectivity index is 2.39. The fraction of sp³-hybridized carbons (Fsp3) is 0.231. The van der Waals surface area contributed by atoms with E-state index < -0.39 is 18.0 Å². The van der Waals surface area contributed by atoms with Crippen molar-refractivity contribution in [2.24, 2.45) is 0 Å². The van der Waals surface area contributed by atoms with Gasteiger partial charge in [-0.05, 0) is 5.56 Å². The van der Waals surface area contributed by atoms with Crippen molar-refractivity contribution in [3.8, 4) is 0 Å². The third-order valence-electron chi connectivity index (χ3n) is 2.12. The lowest BCUT2D eigenvalue weighted by atomic mass is 10.1. The number of carbonyl (C=O) groups excluding carboxylic acids is 2. The van der Waals surface area contributed by atoms with Crippen LogP contribution in [0, 0.1) is 0 Å². The summed E-state index contributed by atoms with van der Waals surface area (Å²) in [5.74, 6) is -1.36. The van der Waals surface area contributed by atoms with Crippen LogP contribution in [0.25, 0.3) is 0 Å². The molecule has 1 N–H and O–H groups in total. The summed E-state index contributed by atoms with van der Waals surface area (Å²) in [5, 5.41) is 9.70. The first kappa shape index (κ1) is 13.9. The summed E-state index contributed by atoms with van der Waals surface area (Å²) in [5.41, 5.74) is 0.655. The van der Waals surface area contributed by atoms with Crippen molar-refractivity contribution in [3.63, 3.8) is 0 Å². The molecular formula is C13H14O5. The fourth-order valence-electron chi connectivity index (χ4n) is 1.18. The second kappa shape index (κ2) is 7.24.